The van der Waals surface area contributed by atoms with Crippen LogP contribution in [0.1, 0.15) is 15.9 Å². The van der Waals surface area contributed by atoms with Crippen LogP contribution in [-0.4, -0.2) is 24.4 Å². The van der Waals surface area contributed by atoms with Gasteiger partial charge in [0, 0.05) is 24.2 Å². The lowest BCUT2D eigenvalue weighted by atomic mass is 10.1. The molecule has 0 spiro atoms. The molecular formula is C19H18N2O2. The van der Waals surface area contributed by atoms with Gasteiger partial charge in [-0.05, 0) is 23.8 Å². The summed E-state index contributed by atoms with van der Waals surface area (Å²) in [5.41, 5.74) is 2.39. The lowest BCUT2D eigenvalue weighted by Gasteiger charge is -2.24. The van der Waals surface area contributed by atoms with Crippen molar-refractivity contribution in [2.75, 3.05) is 11.4 Å². The summed E-state index contributed by atoms with van der Waals surface area (Å²) in [7, 11) is 0. The maximum atomic E-state index is 12.9. The summed E-state index contributed by atoms with van der Waals surface area (Å²) in [6.07, 6.45) is 2.15. The zero-order chi connectivity index (χ0) is 16.2. The van der Waals surface area contributed by atoms with Crippen LogP contribution in [0.15, 0.2) is 67.3 Å². The van der Waals surface area contributed by atoms with Crippen molar-refractivity contribution in [3.8, 4) is 0 Å². The quantitative estimate of drug-likeness (QED) is 0.883. The predicted octanol–water partition coefficient (Wildman–Crippen LogP) is 2.56. The number of amides is 2. The molecule has 2 aromatic rings. The van der Waals surface area contributed by atoms with Crippen LogP contribution in [0.25, 0.3) is 0 Å². The van der Waals surface area contributed by atoms with Gasteiger partial charge in [0.1, 0.15) is 6.04 Å². The van der Waals surface area contributed by atoms with E-state index < -0.39 is 6.04 Å². The lowest BCUT2D eigenvalue weighted by Crippen LogP contribution is -2.48. The first-order chi connectivity index (χ1) is 11.2. The molecule has 0 radical (unpaired) electrons. The van der Waals surface area contributed by atoms with Crippen molar-refractivity contribution in [2.45, 2.75) is 12.5 Å². The van der Waals surface area contributed by atoms with E-state index in [0.717, 1.165) is 11.3 Å². The number of carbonyl (C=O) groups is 2. The molecular weight excluding hydrogens is 288 g/mol. The largest absolute Gasteiger partial charge is 0.351 e. The van der Waals surface area contributed by atoms with E-state index >= 15 is 0 Å². The highest BCUT2D eigenvalue weighted by atomic mass is 16.2. The van der Waals surface area contributed by atoms with E-state index in [1.165, 1.54) is 0 Å². The monoisotopic (exact) mass is 306 g/mol. The molecule has 4 heteroatoms. The number of nitrogens with one attached hydrogen (secondary N) is 1. The first kappa shape index (κ1) is 15.0. The van der Waals surface area contributed by atoms with E-state index in [1.54, 1.807) is 23.1 Å². The van der Waals surface area contributed by atoms with Crippen molar-refractivity contribution in [3.63, 3.8) is 0 Å². The number of nitrogens with zero attached hydrogens (tertiary/aromatic N) is 1. The summed E-state index contributed by atoms with van der Waals surface area (Å²) in [6, 6.07) is 16.2. The van der Waals surface area contributed by atoms with Gasteiger partial charge in [0.15, 0.2) is 0 Å². The Bertz CT molecular complexity index is 740. The van der Waals surface area contributed by atoms with E-state index in [1.807, 2.05) is 42.5 Å². The topological polar surface area (TPSA) is 49.4 Å². The van der Waals surface area contributed by atoms with Gasteiger partial charge in [-0.1, -0.05) is 42.5 Å². The molecule has 0 saturated carbocycles. The van der Waals surface area contributed by atoms with E-state index in [4.69, 9.17) is 0 Å². The highest BCUT2D eigenvalue weighted by molar-refractivity contribution is 6.11. The first-order valence-electron chi connectivity index (χ1n) is 7.57. The van der Waals surface area contributed by atoms with Gasteiger partial charge >= 0.3 is 0 Å². The predicted molar refractivity (Wildman–Crippen MR) is 90.4 cm³/mol. The van der Waals surface area contributed by atoms with E-state index in [2.05, 4.69) is 11.9 Å². The Labute approximate surface area is 135 Å². The van der Waals surface area contributed by atoms with Crippen LogP contribution in [0.2, 0.25) is 0 Å². The number of fused-ring (bicyclic) bond motifs is 1. The number of anilines is 1. The van der Waals surface area contributed by atoms with Gasteiger partial charge in [0.05, 0.1) is 0 Å². The molecule has 3 rings (SSSR count). The summed E-state index contributed by atoms with van der Waals surface area (Å²) in [4.78, 5) is 27.0. The van der Waals surface area contributed by atoms with Gasteiger partial charge in [-0.3, -0.25) is 14.5 Å². The van der Waals surface area contributed by atoms with Crippen molar-refractivity contribution in [3.05, 3.63) is 78.4 Å². The van der Waals surface area contributed by atoms with E-state index in [-0.39, 0.29) is 11.8 Å². The molecule has 0 aromatic heterocycles. The maximum absolute atomic E-state index is 12.9. The van der Waals surface area contributed by atoms with Crippen molar-refractivity contribution < 1.29 is 9.59 Å². The zero-order valence-electron chi connectivity index (χ0n) is 12.7. The molecule has 0 bridgehead atoms. The van der Waals surface area contributed by atoms with Crippen LogP contribution >= 0.6 is 0 Å². The summed E-state index contributed by atoms with van der Waals surface area (Å²) < 4.78 is 0. The summed E-state index contributed by atoms with van der Waals surface area (Å²) >= 11 is 0. The van der Waals surface area contributed by atoms with Crippen LogP contribution in [0.3, 0.4) is 0 Å². The minimum Gasteiger partial charge on any atom is -0.351 e. The molecule has 2 amide bonds. The fraction of sp³-hybridized carbons (Fsp3) is 0.158. The molecule has 0 saturated heterocycles. The maximum Gasteiger partial charge on any atom is 0.259 e. The minimum atomic E-state index is -0.528. The number of carbonyl (C=O) groups excluding carboxylic acids is 2. The fourth-order valence-corrected chi connectivity index (χ4v) is 2.86. The Morgan fingerprint density at radius 3 is 2.57 bits per heavy atom. The molecule has 4 nitrogen and oxygen atoms in total. The number of benzene rings is 2. The average molecular weight is 306 g/mol. The van der Waals surface area contributed by atoms with Gasteiger partial charge in [-0.15, -0.1) is 6.58 Å². The molecule has 0 aliphatic carbocycles. The molecule has 1 N–H and O–H groups in total. The average Bonchev–Trinajstić information content (AvgIpc) is 2.99. The van der Waals surface area contributed by atoms with Gasteiger partial charge in [-0.2, -0.15) is 0 Å². The normalized spacial score (nSPS) is 15.8. The van der Waals surface area contributed by atoms with Crippen LogP contribution < -0.4 is 10.2 Å². The second-order valence-electron chi connectivity index (χ2n) is 5.42. The van der Waals surface area contributed by atoms with Crippen molar-refractivity contribution >= 4 is 17.5 Å². The fourth-order valence-electron chi connectivity index (χ4n) is 2.86. The standard InChI is InChI=1S/C19H18N2O2/c1-2-12-20-18(22)17-13-15-10-6-7-11-16(15)21(17)19(23)14-8-4-3-5-9-14/h2-11,17H,1,12-13H2,(H,20,22)/t17-/m0/s1. The number of hydrogen-bond acceptors (Lipinski definition) is 2. The number of hydrogen-bond donors (Lipinski definition) is 1. The molecule has 2 aromatic carbocycles. The van der Waals surface area contributed by atoms with Crippen LogP contribution in [0.4, 0.5) is 5.69 Å². The Hall–Kier alpha value is -2.88. The second-order valence-corrected chi connectivity index (χ2v) is 5.42. The third kappa shape index (κ3) is 2.88. The van der Waals surface area contributed by atoms with Crippen molar-refractivity contribution in [2.24, 2.45) is 0 Å². The molecule has 1 aliphatic rings. The Morgan fingerprint density at radius 2 is 1.83 bits per heavy atom. The van der Waals surface area contributed by atoms with Crippen LogP contribution in [0, 0.1) is 0 Å². The minimum absolute atomic E-state index is 0.158. The third-order valence-corrected chi connectivity index (χ3v) is 3.94. The van der Waals surface area contributed by atoms with E-state index in [9.17, 15) is 9.59 Å². The van der Waals surface area contributed by atoms with Crippen LogP contribution in [-0.2, 0) is 11.2 Å². The van der Waals surface area contributed by atoms with Gasteiger partial charge in [-0.25, -0.2) is 0 Å². The van der Waals surface area contributed by atoms with E-state index in [0.29, 0.717) is 18.5 Å². The smallest absolute Gasteiger partial charge is 0.259 e. The molecule has 1 heterocycles. The highest BCUT2D eigenvalue weighted by Gasteiger charge is 2.38. The zero-order valence-corrected chi connectivity index (χ0v) is 12.7. The Balaban J connectivity index is 1.96. The summed E-state index contributed by atoms with van der Waals surface area (Å²) in [5, 5.41) is 2.79. The highest BCUT2D eigenvalue weighted by Crippen LogP contribution is 2.33. The van der Waals surface area contributed by atoms with Crippen molar-refractivity contribution in [1.82, 2.24) is 5.32 Å². The molecule has 1 aliphatic heterocycles. The summed E-state index contributed by atoms with van der Waals surface area (Å²) in [6.45, 7) is 3.99. The van der Waals surface area contributed by atoms with Crippen molar-refractivity contribution in [1.29, 1.82) is 0 Å². The third-order valence-electron chi connectivity index (χ3n) is 3.94. The van der Waals surface area contributed by atoms with Gasteiger partial charge in [0.25, 0.3) is 5.91 Å². The molecule has 23 heavy (non-hydrogen) atoms. The Kier molecular flexibility index (Phi) is 4.24. The summed E-state index contributed by atoms with van der Waals surface area (Å²) in [5.74, 6) is -0.320. The molecule has 0 unspecified atom stereocenters. The SMILES string of the molecule is C=CCNC(=O)[C@@H]1Cc2ccccc2N1C(=O)c1ccccc1. The lowest BCUT2D eigenvalue weighted by molar-refractivity contribution is -0.121. The number of rotatable bonds is 4. The molecule has 1 atom stereocenters. The Morgan fingerprint density at radius 1 is 1.13 bits per heavy atom. The second kappa shape index (κ2) is 6.48. The molecule has 0 fully saturated rings. The van der Waals surface area contributed by atoms with Crippen LogP contribution in [0.5, 0.6) is 0 Å². The molecule has 116 valence electrons. The number of para-hydroxylation sites is 1. The van der Waals surface area contributed by atoms with Gasteiger partial charge in [0.2, 0.25) is 5.91 Å². The van der Waals surface area contributed by atoms with Gasteiger partial charge < -0.3 is 5.32 Å². The first-order valence-corrected chi connectivity index (χ1v) is 7.57.